The number of hydrogen-bond donors (Lipinski definition) is 4. The third-order valence-corrected chi connectivity index (χ3v) is 13.1. The van der Waals surface area contributed by atoms with Crippen LogP contribution < -0.4 is 21.3 Å². The second-order valence-electron chi connectivity index (χ2n) is 18.9. The minimum atomic E-state index is -0.398. The number of nitrogens with one attached hydrogen (secondary N) is 4. The third-order valence-electron chi connectivity index (χ3n) is 13.1. The summed E-state index contributed by atoms with van der Waals surface area (Å²) in [5.74, 6) is 0.215. The van der Waals surface area contributed by atoms with Crippen LogP contribution in [0.4, 0.5) is 22.7 Å². The summed E-state index contributed by atoms with van der Waals surface area (Å²) in [6.45, 7) is 0. The van der Waals surface area contributed by atoms with Crippen LogP contribution in [0.25, 0.3) is 90.5 Å². The molecule has 84 heavy (non-hydrogen) atoms. The summed E-state index contributed by atoms with van der Waals surface area (Å²) < 4.78 is 23.2. The topological polar surface area (TPSA) is 246 Å². The highest BCUT2D eigenvalue weighted by Crippen LogP contribution is 2.29. The molecule has 0 radical (unpaired) electrons. The van der Waals surface area contributed by atoms with Crippen LogP contribution in [0.3, 0.4) is 0 Å². The molecular formula is C66H42N10O8. The summed E-state index contributed by atoms with van der Waals surface area (Å²) in [6.07, 6.45) is 0. The van der Waals surface area contributed by atoms with Gasteiger partial charge in [0.05, 0.1) is 0 Å². The number of pyridine rings is 2. The first-order chi connectivity index (χ1) is 41.2. The van der Waals surface area contributed by atoms with Gasteiger partial charge in [-0.2, -0.15) is 0 Å². The van der Waals surface area contributed by atoms with Crippen molar-refractivity contribution in [3.05, 3.63) is 253 Å². The fourth-order valence-corrected chi connectivity index (χ4v) is 8.97. The molecule has 18 heteroatoms. The molecule has 14 rings (SSSR count). The van der Waals surface area contributed by atoms with Gasteiger partial charge in [0, 0.05) is 45.0 Å². The molecule has 0 aliphatic carbocycles. The predicted molar refractivity (Wildman–Crippen MR) is 318 cm³/mol. The SMILES string of the molecule is O=C(Nc1ccc(NC(=O)c2cccc(-c3nc4ccccc4o3)c2)cc1)c1cccc(-c2nc3ccccc3o2)c1.O=C(Nc1ccc(NC(=O)c2cccc(-c3nc4ccccc4o3)n2)cc1)c1cccc(-c2nc3ccccc3o2)n1. The molecule has 4 N–H and O–H groups in total. The van der Waals surface area contributed by atoms with Gasteiger partial charge in [0.1, 0.15) is 44.8 Å². The van der Waals surface area contributed by atoms with Crippen molar-refractivity contribution >= 4 is 90.8 Å². The number of nitrogens with zero attached hydrogens (tertiary/aromatic N) is 6. The summed E-state index contributed by atoms with van der Waals surface area (Å²) >= 11 is 0. The van der Waals surface area contributed by atoms with Crippen LogP contribution in [0.1, 0.15) is 41.7 Å². The number of amides is 4. The zero-order chi connectivity index (χ0) is 56.9. The van der Waals surface area contributed by atoms with Gasteiger partial charge < -0.3 is 38.9 Å². The Morgan fingerprint density at radius 1 is 0.274 bits per heavy atom. The maximum atomic E-state index is 13.0. The van der Waals surface area contributed by atoms with Gasteiger partial charge in [0.15, 0.2) is 22.3 Å². The Morgan fingerprint density at radius 3 is 0.917 bits per heavy atom. The van der Waals surface area contributed by atoms with Gasteiger partial charge in [0.2, 0.25) is 23.6 Å². The molecule has 0 spiro atoms. The highest BCUT2D eigenvalue weighted by Gasteiger charge is 2.18. The van der Waals surface area contributed by atoms with Gasteiger partial charge >= 0.3 is 0 Å². The van der Waals surface area contributed by atoms with E-state index in [2.05, 4.69) is 51.2 Å². The molecule has 0 aliphatic rings. The van der Waals surface area contributed by atoms with E-state index in [0.717, 1.165) is 11.0 Å². The van der Waals surface area contributed by atoms with Gasteiger partial charge in [-0.1, -0.05) is 72.8 Å². The number of benzene rings is 8. The highest BCUT2D eigenvalue weighted by molar-refractivity contribution is 6.07. The van der Waals surface area contributed by atoms with E-state index in [4.69, 9.17) is 17.7 Å². The molecule has 404 valence electrons. The monoisotopic (exact) mass is 1100 g/mol. The Kier molecular flexibility index (Phi) is 13.7. The van der Waals surface area contributed by atoms with Crippen LogP contribution in [-0.2, 0) is 0 Å². The molecule has 14 aromatic rings. The number of carbonyl (C=O) groups excluding carboxylic acids is 4. The van der Waals surface area contributed by atoms with Crippen LogP contribution in [0, 0.1) is 0 Å². The summed E-state index contributed by atoms with van der Waals surface area (Å²) in [4.78, 5) is 78.5. The average Bonchev–Trinajstić information content (AvgIpc) is 4.57. The van der Waals surface area contributed by atoms with Crippen molar-refractivity contribution < 1.29 is 36.8 Å². The van der Waals surface area contributed by atoms with E-state index in [1.54, 1.807) is 121 Å². The normalized spacial score (nSPS) is 11.0. The first kappa shape index (κ1) is 51.3. The molecule has 8 aromatic carbocycles. The molecule has 0 atom stereocenters. The van der Waals surface area contributed by atoms with Crippen LogP contribution in [0.2, 0.25) is 0 Å². The second-order valence-corrected chi connectivity index (χ2v) is 18.9. The number of hydrogen-bond acceptors (Lipinski definition) is 14. The summed E-state index contributed by atoms with van der Waals surface area (Å²) in [6, 6.07) is 67.8. The fourth-order valence-electron chi connectivity index (χ4n) is 8.97. The third kappa shape index (κ3) is 11.2. The van der Waals surface area contributed by atoms with Crippen LogP contribution >= 0.6 is 0 Å². The molecule has 6 aromatic heterocycles. The molecule has 0 saturated heterocycles. The number of anilines is 4. The first-order valence-electron chi connectivity index (χ1n) is 26.2. The lowest BCUT2D eigenvalue weighted by molar-refractivity contribution is 0.101. The van der Waals surface area contributed by atoms with Crippen LogP contribution in [0.5, 0.6) is 0 Å². The number of fused-ring (bicyclic) bond motifs is 4. The minimum Gasteiger partial charge on any atom is -0.436 e. The van der Waals surface area contributed by atoms with Crippen LogP contribution in [-0.4, -0.2) is 53.5 Å². The molecule has 0 saturated carbocycles. The van der Waals surface area contributed by atoms with E-state index in [0.29, 0.717) is 113 Å². The Bertz CT molecular complexity index is 4060. The number of rotatable bonds is 12. The van der Waals surface area contributed by atoms with Gasteiger partial charge in [-0.3, -0.25) is 19.2 Å². The number of para-hydroxylation sites is 8. The molecule has 6 heterocycles. The Morgan fingerprint density at radius 2 is 0.571 bits per heavy atom. The number of oxazole rings is 4. The molecule has 4 amide bonds. The predicted octanol–water partition coefficient (Wildman–Crippen LogP) is 14.4. The molecule has 0 fully saturated rings. The quantitative estimate of drug-likeness (QED) is 0.0889. The van der Waals surface area contributed by atoms with Gasteiger partial charge in [-0.15, -0.1) is 0 Å². The maximum Gasteiger partial charge on any atom is 0.274 e. The Balaban J connectivity index is 0.000000157. The van der Waals surface area contributed by atoms with Crippen molar-refractivity contribution in [1.29, 1.82) is 0 Å². The molecule has 18 nitrogen and oxygen atoms in total. The standard InChI is InChI=1S/C34H22N4O4.C32H20N6O4/c39-31(21-7-5-9-23(19-21)33-37-27-11-1-3-13-29(27)41-33)35-25-15-17-26(18-16-25)36-32(40)22-8-6-10-24(20-22)34-38-28-12-2-4-14-30(28)42-34;39-29(23-9-5-11-25(35-23)31-37-21-7-1-3-13-27(21)41-31)33-19-15-17-20(18-16-19)34-30(40)24-10-6-12-26(36-24)32-38-22-8-2-4-14-28(22)42-32/h1-20H,(H,35,39)(H,36,40);1-18H,(H,33,39)(H,34,40). The molecule has 0 bridgehead atoms. The smallest absolute Gasteiger partial charge is 0.274 e. The fraction of sp³-hybridized carbons (Fsp3) is 0. The largest absolute Gasteiger partial charge is 0.436 e. The maximum absolute atomic E-state index is 13.0. The van der Waals surface area contributed by atoms with Crippen molar-refractivity contribution in [2.75, 3.05) is 21.3 Å². The average molecular weight is 1100 g/mol. The van der Waals surface area contributed by atoms with Crippen molar-refractivity contribution in [2.24, 2.45) is 0 Å². The van der Waals surface area contributed by atoms with Crippen molar-refractivity contribution in [3.8, 4) is 46.1 Å². The van der Waals surface area contributed by atoms with Crippen LogP contribution in [0.15, 0.2) is 248 Å². The Hall–Kier alpha value is -12.2. The molecular weight excluding hydrogens is 1060 g/mol. The lowest BCUT2D eigenvalue weighted by atomic mass is 10.1. The second kappa shape index (κ2) is 22.5. The zero-order valence-electron chi connectivity index (χ0n) is 43.9. The van der Waals surface area contributed by atoms with E-state index in [1.807, 2.05) is 109 Å². The van der Waals surface area contributed by atoms with Crippen molar-refractivity contribution in [2.45, 2.75) is 0 Å². The zero-order valence-corrected chi connectivity index (χ0v) is 43.9. The number of aromatic nitrogens is 6. The van der Waals surface area contributed by atoms with Gasteiger partial charge in [0.25, 0.3) is 23.6 Å². The van der Waals surface area contributed by atoms with Crippen molar-refractivity contribution in [3.63, 3.8) is 0 Å². The molecule has 0 aliphatic heterocycles. The first-order valence-corrected chi connectivity index (χ1v) is 26.2. The summed E-state index contributed by atoms with van der Waals surface area (Å²) in [5.41, 5.74) is 11.5. The van der Waals surface area contributed by atoms with E-state index in [1.165, 1.54) is 0 Å². The Labute approximate surface area is 475 Å². The van der Waals surface area contributed by atoms with E-state index >= 15 is 0 Å². The minimum absolute atomic E-state index is 0.206. The highest BCUT2D eigenvalue weighted by atomic mass is 16.4. The van der Waals surface area contributed by atoms with E-state index in [9.17, 15) is 19.2 Å². The van der Waals surface area contributed by atoms with E-state index in [-0.39, 0.29) is 23.2 Å². The molecule has 0 unspecified atom stereocenters. The summed E-state index contributed by atoms with van der Waals surface area (Å²) in [5, 5.41) is 11.4. The lowest BCUT2D eigenvalue weighted by Gasteiger charge is -2.09. The van der Waals surface area contributed by atoms with Gasteiger partial charge in [-0.05, 0) is 158 Å². The summed E-state index contributed by atoms with van der Waals surface area (Å²) in [7, 11) is 0. The van der Waals surface area contributed by atoms with E-state index < -0.39 is 11.8 Å². The van der Waals surface area contributed by atoms with Crippen molar-refractivity contribution in [1.82, 2.24) is 29.9 Å². The lowest BCUT2D eigenvalue weighted by Crippen LogP contribution is -2.15. The number of carbonyl (C=O) groups is 4. The van der Waals surface area contributed by atoms with Gasteiger partial charge in [-0.25, -0.2) is 29.9 Å².